The molecule has 0 saturated carbocycles. The van der Waals surface area contributed by atoms with Crippen molar-refractivity contribution >= 4 is 11.9 Å². The Kier molecular flexibility index (Phi) is 33.3. The number of unbranched alkanes of at least 4 members (excludes halogenated alkanes) is 14. The highest BCUT2D eigenvalue weighted by atomic mass is 16.5. The molecule has 0 aromatic rings. The van der Waals surface area contributed by atoms with Crippen molar-refractivity contribution in [3.05, 3.63) is 0 Å². The molecule has 45 heavy (non-hydrogen) atoms. The summed E-state index contributed by atoms with van der Waals surface area (Å²) in [4.78, 5) is 27.9. The van der Waals surface area contributed by atoms with E-state index in [1.807, 2.05) is 0 Å². The Labute approximate surface area is 280 Å². The molecule has 0 aliphatic carbocycles. The topological polar surface area (TPSA) is 81.9 Å². The third-order valence-electron chi connectivity index (χ3n) is 9.20. The van der Waals surface area contributed by atoms with Crippen LogP contribution in [0.2, 0.25) is 0 Å². The number of nitrogens with zero attached hydrogens (tertiary/aromatic N) is 1. The molecule has 0 aromatic carbocycles. The van der Waals surface area contributed by atoms with Gasteiger partial charge in [-0.3, -0.25) is 9.59 Å². The van der Waals surface area contributed by atoms with Crippen LogP contribution in [-0.2, 0) is 19.1 Å². The van der Waals surface area contributed by atoms with Crippen LogP contribution >= 0.6 is 0 Å². The van der Waals surface area contributed by atoms with Crippen molar-refractivity contribution in [2.75, 3.05) is 39.4 Å². The van der Waals surface area contributed by atoms with Crippen molar-refractivity contribution in [1.29, 1.82) is 0 Å². The van der Waals surface area contributed by atoms with E-state index in [1.165, 1.54) is 64.2 Å². The summed E-state index contributed by atoms with van der Waals surface area (Å²) in [6, 6.07) is 0. The van der Waals surface area contributed by atoms with Gasteiger partial charge in [0.15, 0.2) is 0 Å². The Morgan fingerprint density at radius 1 is 0.467 bits per heavy atom. The number of ether oxygens (including phenoxy) is 2. The second kappa shape index (κ2) is 34.2. The molecule has 0 fully saturated rings. The van der Waals surface area contributed by atoms with Gasteiger partial charge in [0.1, 0.15) is 0 Å². The fraction of sp³-hybridized carbons (Fsp3) is 0.949. The second-order valence-electron chi connectivity index (χ2n) is 13.5. The number of nitrogens with two attached hydrogens (primary N) is 1. The average Bonchev–Trinajstić information content (AvgIpc) is 3.04. The van der Waals surface area contributed by atoms with Gasteiger partial charge < -0.3 is 20.1 Å². The Bertz CT molecular complexity index is 595. The molecule has 6 nitrogen and oxygen atoms in total. The van der Waals surface area contributed by atoms with E-state index < -0.39 is 0 Å². The van der Waals surface area contributed by atoms with Crippen LogP contribution in [0.4, 0.5) is 0 Å². The molecule has 0 aliphatic rings. The van der Waals surface area contributed by atoms with Crippen molar-refractivity contribution in [2.45, 2.75) is 188 Å². The maximum atomic E-state index is 12.7. The zero-order valence-corrected chi connectivity index (χ0v) is 30.7. The zero-order valence-electron chi connectivity index (χ0n) is 30.7. The first-order valence-corrected chi connectivity index (χ1v) is 19.8. The first-order chi connectivity index (χ1) is 22.0. The summed E-state index contributed by atoms with van der Waals surface area (Å²) in [7, 11) is 0. The first kappa shape index (κ1) is 43.9. The molecule has 0 amide bonds. The minimum Gasteiger partial charge on any atom is -0.465 e. The van der Waals surface area contributed by atoms with Crippen molar-refractivity contribution in [3.63, 3.8) is 0 Å². The van der Waals surface area contributed by atoms with Gasteiger partial charge in [-0.1, -0.05) is 130 Å². The van der Waals surface area contributed by atoms with Crippen LogP contribution in [0, 0.1) is 11.8 Å². The maximum Gasteiger partial charge on any atom is 0.308 e. The molecular weight excluding hydrogens is 560 g/mol. The molecule has 0 saturated heterocycles. The third-order valence-corrected chi connectivity index (χ3v) is 9.20. The minimum absolute atomic E-state index is 0.0417. The summed E-state index contributed by atoms with van der Waals surface area (Å²) in [5, 5.41) is 0. The molecule has 2 atom stereocenters. The highest BCUT2D eigenvalue weighted by Gasteiger charge is 2.20. The van der Waals surface area contributed by atoms with Gasteiger partial charge in [-0.15, -0.1) is 0 Å². The van der Waals surface area contributed by atoms with Gasteiger partial charge in [0.05, 0.1) is 25.0 Å². The predicted molar refractivity (Wildman–Crippen MR) is 193 cm³/mol. The van der Waals surface area contributed by atoms with E-state index in [0.717, 1.165) is 122 Å². The molecule has 0 rings (SSSR count). The summed E-state index contributed by atoms with van der Waals surface area (Å²) >= 11 is 0. The van der Waals surface area contributed by atoms with Crippen LogP contribution < -0.4 is 5.73 Å². The number of esters is 2. The van der Waals surface area contributed by atoms with Crippen LogP contribution in [0.25, 0.3) is 0 Å². The smallest absolute Gasteiger partial charge is 0.308 e. The Morgan fingerprint density at radius 3 is 1.22 bits per heavy atom. The number of rotatable bonds is 35. The van der Waals surface area contributed by atoms with Gasteiger partial charge in [-0.25, -0.2) is 0 Å². The molecular formula is C39H78N2O4. The lowest BCUT2D eigenvalue weighted by atomic mass is 9.95. The fourth-order valence-electron chi connectivity index (χ4n) is 6.11. The third kappa shape index (κ3) is 27.7. The lowest BCUT2D eigenvalue weighted by Crippen LogP contribution is -2.28. The summed E-state index contributed by atoms with van der Waals surface area (Å²) < 4.78 is 11.4. The van der Waals surface area contributed by atoms with Crippen molar-refractivity contribution in [2.24, 2.45) is 17.6 Å². The number of carbonyl (C=O) groups is 2. The quantitative estimate of drug-likeness (QED) is 0.0549. The van der Waals surface area contributed by atoms with E-state index in [-0.39, 0.29) is 23.8 Å². The first-order valence-electron chi connectivity index (χ1n) is 19.8. The highest BCUT2D eigenvalue weighted by molar-refractivity contribution is 5.72. The summed E-state index contributed by atoms with van der Waals surface area (Å²) in [6.45, 7) is 14.0. The van der Waals surface area contributed by atoms with Crippen LogP contribution in [0.3, 0.4) is 0 Å². The molecule has 2 unspecified atom stereocenters. The summed E-state index contributed by atoms with van der Waals surface area (Å²) in [5.41, 5.74) is 5.81. The molecule has 0 aromatic heterocycles. The molecule has 0 bridgehead atoms. The molecule has 2 N–H and O–H groups in total. The van der Waals surface area contributed by atoms with Gasteiger partial charge >= 0.3 is 11.9 Å². The van der Waals surface area contributed by atoms with Gasteiger partial charge in [0, 0.05) is 0 Å². The molecule has 0 radical (unpaired) electrons. The predicted octanol–water partition coefficient (Wildman–Crippen LogP) is 10.4. The second-order valence-corrected chi connectivity index (χ2v) is 13.5. The minimum atomic E-state index is 0.0417. The van der Waals surface area contributed by atoms with Gasteiger partial charge in [0.25, 0.3) is 0 Å². The standard InChI is InChI=1S/C39H78N2O4/c1-5-9-13-19-28-36(26-11-7-3)38(42)44-34-23-17-15-21-31-41(33-25-30-40)32-22-16-18-24-35-45-39(43)37(27-12-8-4)29-20-14-10-6-2/h36-37H,5-35,40H2,1-4H3. The van der Waals surface area contributed by atoms with E-state index in [0.29, 0.717) is 13.2 Å². The largest absolute Gasteiger partial charge is 0.465 e. The van der Waals surface area contributed by atoms with Crippen LogP contribution in [0.1, 0.15) is 188 Å². The lowest BCUT2D eigenvalue weighted by Gasteiger charge is -2.22. The molecule has 0 aliphatic heterocycles. The van der Waals surface area contributed by atoms with Gasteiger partial charge in [-0.05, 0) is 84.0 Å². The van der Waals surface area contributed by atoms with Crippen molar-refractivity contribution in [1.82, 2.24) is 4.90 Å². The zero-order chi connectivity index (χ0) is 33.2. The normalized spacial score (nSPS) is 12.8. The van der Waals surface area contributed by atoms with Crippen molar-refractivity contribution < 1.29 is 19.1 Å². The SMILES string of the molecule is CCCCCCC(CCCC)C(=O)OCCCCCCN(CCCN)CCCCCCOC(=O)C(CCCC)CCCCCC. The van der Waals surface area contributed by atoms with Gasteiger partial charge in [0.2, 0.25) is 0 Å². The molecule has 0 spiro atoms. The fourth-order valence-corrected chi connectivity index (χ4v) is 6.11. The number of carbonyl (C=O) groups excluding carboxylic acids is 2. The molecule has 6 heteroatoms. The maximum absolute atomic E-state index is 12.7. The highest BCUT2D eigenvalue weighted by Crippen LogP contribution is 2.21. The van der Waals surface area contributed by atoms with Crippen LogP contribution in [-0.4, -0.2) is 56.2 Å². The van der Waals surface area contributed by atoms with E-state index in [9.17, 15) is 9.59 Å². The van der Waals surface area contributed by atoms with Crippen LogP contribution in [0.15, 0.2) is 0 Å². The van der Waals surface area contributed by atoms with E-state index >= 15 is 0 Å². The Morgan fingerprint density at radius 2 is 0.822 bits per heavy atom. The summed E-state index contributed by atoms with van der Waals surface area (Å²) in [5.74, 6) is 0.280. The van der Waals surface area contributed by atoms with E-state index in [1.54, 1.807) is 0 Å². The monoisotopic (exact) mass is 639 g/mol. The van der Waals surface area contributed by atoms with Crippen LogP contribution in [0.5, 0.6) is 0 Å². The lowest BCUT2D eigenvalue weighted by molar-refractivity contribution is -0.150. The Hall–Kier alpha value is -1.14. The van der Waals surface area contributed by atoms with Gasteiger partial charge in [-0.2, -0.15) is 0 Å². The Balaban J connectivity index is 4.12. The molecule has 268 valence electrons. The van der Waals surface area contributed by atoms with E-state index in [4.69, 9.17) is 15.2 Å². The van der Waals surface area contributed by atoms with E-state index in [2.05, 4.69) is 32.6 Å². The number of hydrogen-bond donors (Lipinski definition) is 1. The number of hydrogen-bond acceptors (Lipinski definition) is 6. The summed E-state index contributed by atoms with van der Waals surface area (Å²) in [6.07, 6.45) is 28.1. The average molecular weight is 639 g/mol. The molecule has 0 heterocycles. The van der Waals surface area contributed by atoms with Crippen molar-refractivity contribution in [3.8, 4) is 0 Å².